The molecule has 0 saturated heterocycles. The molecule has 0 aliphatic heterocycles. The molecule has 124 valence electrons. The van der Waals surface area contributed by atoms with Crippen molar-refractivity contribution < 1.29 is 13.2 Å². The predicted octanol–water partition coefficient (Wildman–Crippen LogP) is 1.09. The molecule has 0 fully saturated rings. The summed E-state index contributed by atoms with van der Waals surface area (Å²) in [6.45, 7) is 3.93. The molecule has 2 aromatic heterocycles. The summed E-state index contributed by atoms with van der Waals surface area (Å²) < 4.78 is 27.4. The molecule has 0 aliphatic carbocycles. The van der Waals surface area contributed by atoms with E-state index in [4.69, 9.17) is 0 Å². The molecule has 0 aliphatic rings. The van der Waals surface area contributed by atoms with Crippen LogP contribution in [0, 0.1) is 0 Å². The van der Waals surface area contributed by atoms with Crippen LogP contribution >= 0.6 is 0 Å². The Morgan fingerprint density at radius 2 is 1.91 bits per heavy atom. The third kappa shape index (κ3) is 3.59. The minimum Gasteiger partial charge on any atom is -0.359 e. The summed E-state index contributed by atoms with van der Waals surface area (Å²) in [5.74, 6) is -0.297. The molecule has 0 saturated carbocycles. The Balaban J connectivity index is 2.36. The Morgan fingerprint density at radius 3 is 2.48 bits per heavy atom. The summed E-state index contributed by atoms with van der Waals surface area (Å²) >= 11 is 0. The first-order valence-electron chi connectivity index (χ1n) is 7.27. The summed E-state index contributed by atoms with van der Waals surface area (Å²) in [5, 5.41) is 0. The van der Waals surface area contributed by atoms with Crippen LogP contribution in [0.2, 0.25) is 0 Å². The second kappa shape index (κ2) is 6.93. The van der Waals surface area contributed by atoms with Gasteiger partial charge in [0.1, 0.15) is 0 Å². The fourth-order valence-electron chi connectivity index (χ4n) is 2.24. The van der Waals surface area contributed by atoms with Gasteiger partial charge in [-0.3, -0.25) is 9.59 Å². The Bertz CT molecular complexity index is 834. The molecule has 2 aromatic rings. The summed E-state index contributed by atoms with van der Waals surface area (Å²) in [5.41, 5.74) is -0.0580. The van der Waals surface area contributed by atoms with Gasteiger partial charge in [-0.15, -0.1) is 0 Å². The monoisotopic (exact) mass is 337 g/mol. The minimum absolute atomic E-state index is 0.0000794. The first-order chi connectivity index (χ1) is 10.9. The van der Waals surface area contributed by atoms with Gasteiger partial charge in [0.15, 0.2) is 5.78 Å². The zero-order valence-corrected chi connectivity index (χ0v) is 13.8. The average Bonchev–Trinajstić information content (AvgIpc) is 3.04. The standard InChI is InChI=1S/C15H19N3O4S/c1-3-18(4-2)23(21,22)12-7-8-15(20)17(10-12)11-14(19)13-6-5-9-16-13/h5-10,16H,3-4,11H2,1-2H3. The number of rotatable bonds is 7. The van der Waals surface area contributed by atoms with Crippen LogP contribution in [0.5, 0.6) is 0 Å². The topological polar surface area (TPSA) is 92.2 Å². The lowest BCUT2D eigenvalue weighted by Gasteiger charge is -2.18. The number of hydrogen-bond acceptors (Lipinski definition) is 4. The van der Waals surface area contributed by atoms with Crippen LogP contribution in [0.3, 0.4) is 0 Å². The van der Waals surface area contributed by atoms with Crippen molar-refractivity contribution in [3.63, 3.8) is 0 Å². The highest BCUT2D eigenvalue weighted by Gasteiger charge is 2.22. The van der Waals surface area contributed by atoms with Crippen LogP contribution < -0.4 is 5.56 Å². The quantitative estimate of drug-likeness (QED) is 0.766. The molecule has 0 radical (unpaired) electrons. The Kier molecular flexibility index (Phi) is 5.17. The maximum absolute atomic E-state index is 12.5. The van der Waals surface area contributed by atoms with Crippen molar-refractivity contribution >= 4 is 15.8 Å². The molecule has 0 atom stereocenters. The van der Waals surface area contributed by atoms with Gasteiger partial charge in [0.05, 0.1) is 17.1 Å². The zero-order valence-electron chi connectivity index (χ0n) is 13.0. The number of H-pyrrole nitrogens is 1. The van der Waals surface area contributed by atoms with E-state index in [1.165, 1.54) is 22.6 Å². The van der Waals surface area contributed by atoms with Gasteiger partial charge in [-0.1, -0.05) is 13.8 Å². The van der Waals surface area contributed by atoms with Crippen molar-refractivity contribution in [3.05, 3.63) is 52.7 Å². The zero-order chi connectivity index (χ0) is 17.0. The van der Waals surface area contributed by atoms with Crippen LogP contribution in [-0.4, -0.2) is 41.1 Å². The number of ketones is 1. The van der Waals surface area contributed by atoms with Gasteiger partial charge in [0.25, 0.3) is 5.56 Å². The van der Waals surface area contributed by atoms with E-state index in [1.807, 2.05) is 0 Å². The van der Waals surface area contributed by atoms with Gasteiger partial charge in [0, 0.05) is 31.5 Å². The highest BCUT2D eigenvalue weighted by Crippen LogP contribution is 2.13. The maximum atomic E-state index is 12.5. The van der Waals surface area contributed by atoms with Crippen molar-refractivity contribution in [3.8, 4) is 0 Å². The molecule has 0 aromatic carbocycles. The number of nitrogens with one attached hydrogen (secondary N) is 1. The van der Waals surface area contributed by atoms with Crippen molar-refractivity contribution in [2.24, 2.45) is 0 Å². The van der Waals surface area contributed by atoms with Crippen LogP contribution in [0.4, 0.5) is 0 Å². The van der Waals surface area contributed by atoms with E-state index >= 15 is 0 Å². The second-order valence-corrected chi connectivity index (χ2v) is 6.87. The number of sulfonamides is 1. The normalized spacial score (nSPS) is 11.8. The van der Waals surface area contributed by atoms with Gasteiger partial charge in [0.2, 0.25) is 10.0 Å². The lowest BCUT2D eigenvalue weighted by atomic mass is 10.3. The summed E-state index contributed by atoms with van der Waals surface area (Å²) in [6, 6.07) is 5.71. The first-order valence-corrected chi connectivity index (χ1v) is 8.71. The molecule has 23 heavy (non-hydrogen) atoms. The molecule has 0 bridgehead atoms. The van der Waals surface area contributed by atoms with Gasteiger partial charge in [-0.25, -0.2) is 8.42 Å². The highest BCUT2D eigenvalue weighted by atomic mass is 32.2. The maximum Gasteiger partial charge on any atom is 0.251 e. The number of Topliss-reactive ketones (excluding diaryl/α,β-unsaturated/α-hetero) is 1. The van der Waals surface area contributed by atoms with Crippen LogP contribution in [0.1, 0.15) is 24.3 Å². The number of nitrogens with zero attached hydrogens (tertiary/aromatic N) is 2. The van der Waals surface area contributed by atoms with Gasteiger partial charge < -0.3 is 9.55 Å². The lowest BCUT2D eigenvalue weighted by molar-refractivity contribution is 0.0966. The summed E-state index contributed by atoms with van der Waals surface area (Å²) in [6.07, 6.45) is 2.83. The molecule has 0 spiro atoms. The summed E-state index contributed by atoms with van der Waals surface area (Å²) in [7, 11) is -3.68. The van der Waals surface area contributed by atoms with Crippen molar-refractivity contribution in [2.75, 3.05) is 13.1 Å². The van der Waals surface area contributed by atoms with Gasteiger partial charge in [-0.2, -0.15) is 4.31 Å². The molecule has 2 heterocycles. The number of aromatic nitrogens is 2. The van der Waals surface area contributed by atoms with E-state index in [1.54, 1.807) is 32.2 Å². The first kappa shape index (κ1) is 17.2. The minimum atomic E-state index is -3.68. The van der Waals surface area contributed by atoms with Crippen molar-refractivity contribution in [2.45, 2.75) is 25.3 Å². The highest BCUT2D eigenvalue weighted by molar-refractivity contribution is 7.89. The third-order valence-corrected chi connectivity index (χ3v) is 5.55. The van der Waals surface area contributed by atoms with E-state index in [9.17, 15) is 18.0 Å². The summed E-state index contributed by atoms with van der Waals surface area (Å²) in [4.78, 5) is 26.8. The number of pyridine rings is 1. The molecule has 2 rings (SSSR count). The SMILES string of the molecule is CCN(CC)S(=O)(=O)c1ccc(=O)n(CC(=O)c2ccc[nH]2)c1. The second-order valence-electron chi connectivity index (χ2n) is 4.93. The molecule has 7 nitrogen and oxygen atoms in total. The smallest absolute Gasteiger partial charge is 0.251 e. The number of aromatic amines is 1. The van der Waals surface area contributed by atoms with E-state index in [-0.39, 0.29) is 17.2 Å². The van der Waals surface area contributed by atoms with E-state index in [2.05, 4.69) is 4.98 Å². The lowest BCUT2D eigenvalue weighted by Crippen LogP contribution is -2.32. The molecule has 0 amide bonds. The number of carbonyl (C=O) groups is 1. The van der Waals surface area contributed by atoms with Crippen molar-refractivity contribution in [1.82, 2.24) is 13.9 Å². The fraction of sp³-hybridized carbons (Fsp3) is 0.333. The number of carbonyl (C=O) groups excluding carboxylic acids is 1. The van der Waals surface area contributed by atoms with Crippen molar-refractivity contribution in [1.29, 1.82) is 0 Å². The van der Waals surface area contributed by atoms with E-state index in [0.717, 1.165) is 4.57 Å². The average molecular weight is 337 g/mol. The van der Waals surface area contributed by atoms with E-state index in [0.29, 0.717) is 18.8 Å². The number of hydrogen-bond donors (Lipinski definition) is 1. The molecule has 0 unspecified atom stereocenters. The van der Waals surface area contributed by atoms with Crippen LogP contribution in [0.15, 0.2) is 46.3 Å². The largest absolute Gasteiger partial charge is 0.359 e. The third-order valence-electron chi connectivity index (χ3n) is 3.51. The molecule has 8 heteroatoms. The molecular formula is C15H19N3O4S. The van der Waals surface area contributed by atoms with Crippen LogP contribution in [-0.2, 0) is 16.6 Å². The molecule has 1 N–H and O–H groups in total. The predicted molar refractivity (Wildman–Crippen MR) is 85.9 cm³/mol. The van der Waals surface area contributed by atoms with Gasteiger partial charge in [-0.05, 0) is 18.2 Å². The Morgan fingerprint density at radius 1 is 1.22 bits per heavy atom. The Hall–Kier alpha value is -2.19. The Labute approximate surface area is 134 Å². The van der Waals surface area contributed by atoms with Gasteiger partial charge >= 0.3 is 0 Å². The fourth-order valence-corrected chi connectivity index (χ4v) is 3.72. The molecular weight excluding hydrogens is 318 g/mol. The van der Waals surface area contributed by atoms with E-state index < -0.39 is 15.6 Å². The van der Waals surface area contributed by atoms with Crippen LogP contribution in [0.25, 0.3) is 0 Å².